The van der Waals surface area contributed by atoms with Gasteiger partial charge in [-0.25, -0.2) is 4.98 Å². The highest BCUT2D eigenvalue weighted by atomic mass is 32.2. The lowest BCUT2D eigenvalue weighted by molar-refractivity contribution is -0.118. The number of rotatable bonds is 6. The number of thioether (sulfide) groups is 1. The summed E-state index contributed by atoms with van der Waals surface area (Å²) in [5.41, 5.74) is 2.19. The molecule has 1 amide bonds. The Hall–Kier alpha value is -2.12. The predicted molar refractivity (Wildman–Crippen MR) is 91.4 cm³/mol. The van der Waals surface area contributed by atoms with Gasteiger partial charge in [-0.15, -0.1) is 0 Å². The minimum atomic E-state index is -0.0570. The number of carbonyl (C=O) groups excluding carboxylic acids is 1. The maximum absolute atomic E-state index is 11.8. The van der Waals surface area contributed by atoms with Gasteiger partial charge in [0.25, 0.3) is 0 Å². The van der Waals surface area contributed by atoms with Gasteiger partial charge in [-0.2, -0.15) is 4.37 Å². The molecule has 2 heterocycles. The Labute approximate surface area is 142 Å². The van der Waals surface area contributed by atoms with E-state index in [1.54, 1.807) is 12.3 Å². The molecule has 0 unspecified atom stereocenters. The normalized spacial score (nSPS) is 10.7. The SMILES string of the molecule is Cc1ccc(-c2nsc(SCC(=O)NCc3ccco3)n2)cc1. The Balaban J connectivity index is 1.50. The van der Waals surface area contributed by atoms with Crippen molar-refractivity contribution in [3.63, 3.8) is 0 Å². The molecule has 0 radical (unpaired) electrons. The summed E-state index contributed by atoms with van der Waals surface area (Å²) in [6.45, 7) is 2.44. The van der Waals surface area contributed by atoms with Crippen molar-refractivity contribution in [1.82, 2.24) is 14.7 Å². The zero-order valence-electron chi connectivity index (χ0n) is 12.5. The first kappa shape index (κ1) is 15.8. The minimum Gasteiger partial charge on any atom is -0.467 e. The first-order chi connectivity index (χ1) is 11.2. The number of aromatic nitrogens is 2. The molecule has 3 rings (SSSR count). The van der Waals surface area contributed by atoms with Crippen molar-refractivity contribution in [1.29, 1.82) is 0 Å². The van der Waals surface area contributed by atoms with E-state index in [1.165, 1.54) is 28.9 Å². The number of furan rings is 1. The Morgan fingerprint density at radius 1 is 1.30 bits per heavy atom. The van der Waals surface area contributed by atoms with Crippen LogP contribution in [0.4, 0.5) is 0 Å². The summed E-state index contributed by atoms with van der Waals surface area (Å²) < 4.78 is 10.3. The molecular weight excluding hydrogens is 330 g/mol. The molecule has 0 saturated carbocycles. The van der Waals surface area contributed by atoms with Gasteiger partial charge in [0.15, 0.2) is 10.2 Å². The second-order valence-corrected chi connectivity index (χ2v) is 6.87. The molecule has 0 aliphatic heterocycles. The summed E-state index contributed by atoms with van der Waals surface area (Å²) >= 11 is 2.70. The fraction of sp³-hybridized carbons (Fsp3) is 0.188. The van der Waals surface area contributed by atoms with Crippen LogP contribution >= 0.6 is 23.3 Å². The van der Waals surface area contributed by atoms with E-state index in [2.05, 4.69) is 14.7 Å². The highest BCUT2D eigenvalue weighted by Gasteiger charge is 2.09. The molecule has 23 heavy (non-hydrogen) atoms. The molecule has 0 saturated heterocycles. The number of nitrogens with one attached hydrogen (secondary N) is 1. The summed E-state index contributed by atoms with van der Waals surface area (Å²) in [6.07, 6.45) is 1.59. The van der Waals surface area contributed by atoms with E-state index in [1.807, 2.05) is 37.3 Å². The van der Waals surface area contributed by atoms with Crippen LogP contribution in [0.15, 0.2) is 51.4 Å². The topological polar surface area (TPSA) is 68.0 Å². The van der Waals surface area contributed by atoms with Crippen LogP contribution in [0, 0.1) is 6.92 Å². The van der Waals surface area contributed by atoms with Gasteiger partial charge >= 0.3 is 0 Å². The van der Waals surface area contributed by atoms with Crippen LogP contribution in [-0.2, 0) is 11.3 Å². The lowest BCUT2D eigenvalue weighted by atomic mass is 10.1. The van der Waals surface area contributed by atoms with Crippen molar-refractivity contribution >= 4 is 29.2 Å². The molecule has 1 aromatic carbocycles. The predicted octanol–water partition coefficient (Wildman–Crippen LogP) is 3.52. The Morgan fingerprint density at radius 2 is 2.13 bits per heavy atom. The number of nitrogens with zero attached hydrogens (tertiary/aromatic N) is 2. The van der Waals surface area contributed by atoms with Gasteiger partial charge in [-0.05, 0) is 30.6 Å². The van der Waals surface area contributed by atoms with Crippen LogP contribution in [0.3, 0.4) is 0 Å². The van der Waals surface area contributed by atoms with Gasteiger partial charge in [-0.3, -0.25) is 4.79 Å². The molecule has 0 aliphatic carbocycles. The molecule has 0 bridgehead atoms. The van der Waals surface area contributed by atoms with Gasteiger partial charge in [-0.1, -0.05) is 41.6 Å². The van der Waals surface area contributed by atoms with Crippen LogP contribution in [0.5, 0.6) is 0 Å². The third-order valence-corrected chi connectivity index (χ3v) is 4.92. The van der Waals surface area contributed by atoms with Gasteiger partial charge in [0.1, 0.15) is 5.76 Å². The lowest BCUT2D eigenvalue weighted by Gasteiger charge is -2.01. The Bertz CT molecular complexity index is 767. The Kier molecular flexibility index (Phi) is 5.09. The fourth-order valence-corrected chi connectivity index (χ4v) is 3.31. The summed E-state index contributed by atoms with van der Waals surface area (Å²) in [4.78, 5) is 16.3. The van der Waals surface area contributed by atoms with E-state index in [0.717, 1.165) is 15.7 Å². The summed E-state index contributed by atoms with van der Waals surface area (Å²) in [7, 11) is 0. The van der Waals surface area contributed by atoms with E-state index in [9.17, 15) is 4.79 Å². The third-order valence-electron chi connectivity index (χ3n) is 3.08. The summed E-state index contributed by atoms with van der Waals surface area (Å²) in [5.74, 6) is 1.69. The van der Waals surface area contributed by atoms with Crippen molar-refractivity contribution in [2.75, 3.05) is 5.75 Å². The van der Waals surface area contributed by atoms with Crippen molar-refractivity contribution in [3.8, 4) is 11.4 Å². The van der Waals surface area contributed by atoms with Crippen molar-refractivity contribution in [2.24, 2.45) is 0 Å². The van der Waals surface area contributed by atoms with Crippen LogP contribution in [-0.4, -0.2) is 21.0 Å². The average Bonchev–Trinajstić information content (AvgIpc) is 3.23. The molecule has 0 aliphatic rings. The quantitative estimate of drug-likeness (QED) is 0.692. The number of aryl methyl sites for hydroxylation is 1. The monoisotopic (exact) mass is 345 g/mol. The van der Waals surface area contributed by atoms with E-state index in [4.69, 9.17) is 4.42 Å². The third kappa shape index (κ3) is 4.43. The second kappa shape index (κ2) is 7.43. The maximum atomic E-state index is 11.8. The van der Waals surface area contributed by atoms with E-state index >= 15 is 0 Å². The Morgan fingerprint density at radius 3 is 2.87 bits per heavy atom. The molecule has 5 nitrogen and oxygen atoms in total. The molecule has 0 spiro atoms. The smallest absolute Gasteiger partial charge is 0.230 e. The van der Waals surface area contributed by atoms with Crippen molar-refractivity contribution < 1.29 is 9.21 Å². The average molecular weight is 345 g/mol. The zero-order chi connectivity index (χ0) is 16.1. The fourth-order valence-electron chi connectivity index (χ4n) is 1.87. The first-order valence-corrected chi connectivity index (χ1v) is 8.79. The molecular formula is C16H15N3O2S2. The number of benzene rings is 1. The van der Waals surface area contributed by atoms with Crippen LogP contribution < -0.4 is 5.32 Å². The maximum Gasteiger partial charge on any atom is 0.230 e. The van der Waals surface area contributed by atoms with E-state index in [-0.39, 0.29) is 5.91 Å². The highest BCUT2D eigenvalue weighted by Crippen LogP contribution is 2.25. The number of hydrogen-bond acceptors (Lipinski definition) is 6. The zero-order valence-corrected chi connectivity index (χ0v) is 14.1. The summed E-state index contributed by atoms with van der Waals surface area (Å²) in [6, 6.07) is 11.7. The largest absolute Gasteiger partial charge is 0.467 e. The van der Waals surface area contributed by atoms with E-state index < -0.39 is 0 Å². The van der Waals surface area contributed by atoms with Crippen molar-refractivity contribution in [2.45, 2.75) is 17.8 Å². The van der Waals surface area contributed by atoms with Gasteiger partial charge in [0.05, 0.1) is 18.6 Å². The number of carbonyl (C=O) groups is 1. The molecule has 2 aromatic heterocycles. The van der Waals surface area contributed by atoms with E-state index in [0.29, 0.717) is 18.1 Å². The van der Waals surface area contributed by atoms with Gasteiger partial charge < -0.3 is 9.73 Å². The first-order valence-electron chi connectivity index (χ1n) is 7.03. The standard InChI is InChI=1S/C16H15N3O2S2/c1-11-4-6-12(7-5-11)15-18-16(23-19-15)22-10-14(20)17-9-13-3-2-8-21-13/h2-8H,9-10H2,1H3,(H,17,20). The summed E-state index contributed by atoms with van der Waals surface area (Å²) in [5, 5.41) is 2.80. The van der Waals surface area contributed by atoms with Gasteiger partial charge in [0, 0.05) is 5.56 Å². The van der Waals surface area contributed by atoms with Crippen LogP contribution in [0.2, 0.25) is 0 Å². The lowest BCUT2D eigenvalue weighted by Crippen LogP contribution is -2.24. The molecule has 1 N–H and O–H groups in total. The van der Waals surface area contributed by atoms with Crippen molar-refractivity contribution in [3.05, 3.63) is 54.0 Å². The number of hydrogen-bond donors (Lipinski definition) is 1. The van der Waals surface area contributed by atoms with Crippen LogP contribution in [0.1, 0.15) is 11.3 Å². The molecule has 0 atom stereocenters. The molecule has 7 heteroatoms. The number of amides is 1. The molecule has 3 aromatic rings. The minimum absolute atomic E-state index is 0.0570. The molecule has 0 fully saturated rings. The van der Waals surface area contributed by atoms with Crippen LogP contribution in [0.25, 0.3) is 11.4 Å². The van der Waals surface area contributed by atoms with Gasteiger partial charge in [0.2, 0.25) is 5.91 Å². The molecule has 118 valence electrons. The highest BCUT2D eigenvalue weighted by molar-refractivity contribution is 8.01. The second-order valence-electron chi connectivity index (χ2n) is 4.89.